The number of hydrogen-bond donors (Lipinski definition) is 2. The Kier molecular flexibility index (Phi) is 10.7. The van der Waals surface area contributed by atoms with Crippen molar-refractivity contribution in [2.45, 2.75) is 38.6 Å². The fourth-order valence-corrected chi connectivity index (χ4v) is 3.31. The minimum atomic E-state index is 0.632. The summed E-state index contributed by atoms with van der Waals surface area (Å²) in [4.78, 5) is 6.83. The van der Waals surface area contributed by atoms with Crippen LogP contribution in [0.25, 0.3) is 0 Å². The number of methoxy groups -OCH3 is 2. The Balaban J connectivity index is 1.67. The largest absolute Gasteiger partial charge is 0.493 e. The third-order valence-corrected chi connectivity index (χ3v) is 5.02. The molecule has 0 radical (unpaired) electrons. The molecule has 2 N–H and O–H groups in total. The lowest BCUT2D eigenvalue weighted by Gasteiger charge is -2.22. The highest BCUT2D eigenvalue weighted by Gasteiger charge is 2.28. The second-order valence-corrected chi connectivity index (χ2v) is 7.21. The summed E-state index contributed by atoms with van der Waals surface area (Å²) in [6, 6.07) is 6.89. The van der Waals surface area contributed by atoms with Crippen LogP contribution in [0.2, 0.25) is 0 Å². The highest BCUT2D eigenvalue weighted by molar-refractivity contribution is 5.79. The van der Waals surface area contributed by atoms with Crippen LogP contribution in [-0.2, 0) is 11.2 Å². The molecule has 0 amide bonds. The molecule has 1 fully saturated rings. The van der Waals surface area contributed by atoms with E-state index in [-0.39, 0.29) is 0 Å². The molecule has 1 saturated carbocycles. The maximum atomic E-state index is 5.66. The number of guanidine groups is 1. The quantitative estimate of drug-likeness (QED) is 0.281. The molecule has 164 valence electrons. The van der Waals surface area contributed by atoms with Crippen LogP contribution in [0.1, 0.15) is 31.7 Å². The van der Waals surface area contributed by atoms with Gasteiger partial charge in [-0.3, -0.25) is 9.89 Å². The van der Waals surface area contributed by atoms with Crippen molar-refractivity contribution in [3.63, 3.8) is 0 Å². The Hall–Kier alpha value is -1.99. The lowest BCUT2D eigenvalue weighted by atomic mass is 10.1. The molecular weight excluding hydrogens is 368 g/mol. The molecule has 1 aromatic carbocycles. The minimum Gasteiger partial charge on any atom is -0.493 e. The van der Waals surface area contributed by atoms with E-state index in [1.807, 2.05) is 20.0 Å². The fraction of sp³-hybridized carbons (Fsp3) is 0.682. The Labute approximate surface area is 175 Å². The molecule has 0 bridgehead atoms. The van der Waals surface area contributed by atoms with Gasteiger partial charge >= 0.3 is 0 Å². The number of hydrogen-bond acceptors (Lipinski definition) is 5. The van der Waals surface area contributed by atoms with Gasteiger partial charge in [0, 0.05) is 46.4 Å². The van der Waals surface area contributed by atoms with E-state index < -0.39 is 0 Å². The van der Waals surface area contributed by atoms with Crippen LogP contribution in [0.3, 0.4) is 0 Å². The Morgan fingerprint density at radius 2 is 1.93 bits per heavy atom. The van der Waals surface area contributed by atoms with Gasteiger partial charge in [-0.05, 0) is 50.3 Å². The molecule has 7 nitrogen and oxygen atoms in total. The van der Waals surface area contributed by atoms with Gasteiger partial charge in [-0.2, -0.15) is 0 Å². The first-order chi connectivity index (χ1) is 14.2. The zero-order valence-corrected chi connectivity index (χ0v) is 18.5. The molecular formula is C22H38N4O3. The molecule has 7 heteroatoms. The molecule has 0 aromatic heterocycles. The second-order valence-electron chi connectivity index (χ2n) is 7.21. The van der Waals surface area contributed by atoms with E-state index >= 15 is 0 Å². The number of ether oxygens (including phenoxy) is 3. The first-order valence-corrected chi connectivity index (χ1v) is 10.7. The van der Waals surface area contributed by atoms with E-state index in [2.05, 4.69) is 32.7 Å². The van der Waals surface area contributed by atoms with E-state index in [0.29, 0.717) is 6.61 Å². The third-order valence-electron chi connectivity index (χ3n) is 5.02. The van der Waals surface area contributed by atoms with Crippen LogP contribution < -0.4 is 20.1 Å². The Morgan fingerprint density at radius 1 is 1.14 bits per heavy atom. The summed E-state index contributed by atoms with van der Waals surface area (Å²) in [5.74, 6) is 2.45. The van der Waals surface area contributed by atoms with Crippen LogP contribution >= 0.6 is 0 Å². The molecule has 0 unspecified atom stereocenters. The van der Waals surface area contributed by atoms with Crippen molar-refractivity contribution < 1.29 is 14.2 Å². The predicted octanol–water partition coefficient (Wildman–Crippen LogP) is 2.30. The summed E-state index contributed by atoms with van der Waals surface area (Å²) in [6.45, 7) is 7.17. The highest BCUT2D eigenvalue weighted by atomic mass is 16.5. The van der Waals surface area contributed by atoms with Gasteiger partial charge in [0.05, 0.1) is 20.3 Å². The average molecular weight is 407 g/mol. The van der Waals surface area contributed by atoms with Crippen LogP contribution in [0.5, 0.6) is 11.5 Å². The van der Waals surface area contributed by atoms with Crippen LogP contribution in [0.4, 0.5) is 0 Å². The standard InChI is InChI=1S/C22H38N4O3/c1-5-29-21-17-18(8-11-20(21)28-4)7-6-12-24-22(23-2)25-13-14-26(15-16-27-3)19-9-10-19/h8,11,17,19H,5-7,9-10,12-16H2,1-4H3,(H2,23,24,25). The monoisotopic (exact) mass is 406 g/mol. The van der Waals surface area contributed by atoms with Crippen molar-refractivity contribution in [3.8, 4) is 11.5 Å². The molecule has 1 aromatic rings. The summed E-state index contributed by atoms with van der Waals surface area (Å²) in [7, 11) is 5.25. The predicted molar refractivity (Wildman–Crippen MR) is 118 cm³/mol. The van der Waals surface area contributed by atoms with Gasteiger partial charge in [-0.25, -0.2) is 0 Å². The number of aryl methyl sites for hydroxylation is 1. The third kappa shape index (κ3) is 8.50. The topological polar surface area (TPSA) is 67.4 Å². The number of aliphatic imine (C=N–C) groups is 1. The van der Waals surface area contributed by atoms with Gasteiger partial charge in [0.2, 0.25) is 0 Å². The van der Waals surface area contributed by atoms with Gasteiger partial charge < -0.3 is 24.8 Å². The van der Waals surface area contributed by atoms with Crippen molar-refractivity contribution >= 4 is 5.96 Å². The first kappa shape index (κ1) is 23.3. The first-order valence-electron chi connectivity index (χ1n) is 10.7. The molecule has 2 rings (SSSR count). The van der Waals surface area contributed by atoms with Gasteiger partial charge in [-0.15, -0.1) is 0 Å². The highest BCUT2D eigenvalue weighted by Crippen LogP contribution is 2.28. The molecule has 0 atom stereocenters. The van der Waals surface area contributed by atoms with Crippen LogP contribution in [0, 0.1) is 0 Å². The van der Waals surface area contributed by atoms with E-state index in [4.69, 9.17) is 14.2 Å². The molecule has 29 heavy (non-hydrogen) atoms. The van der Waals surface area contributed by atoms with Gasteiger partial charge in [0.25, 0.3) is 0 Å². The summed E-state index contributed by atoms with van der Waals surface area (Å²) >= 11 is 0. The second kappa shape index (κ2) is 13.3. The zero-order valence-electron chi connectivity index (χ0n) is 18.5. The van der Waals surface area contributed by atoms with Crippen LogP contribution in [0.15, 0.2) is 23.2 Å². The lowest BCUT2D eigenvalue weighted by Crippen LogP contribution is -2.43. The molecule has 1 aliphatic carbocycles. The van der Waals surface area contributed by atoms with E-state index in [1.54, 1.807) is 14.2 Å². The summed E-state index contributed by atoms with van der Waals surface area (Å²) in [5, 5.41) is 6.82. The van der Waals surface area contributed by atoms with Crippen molar-refractivity contribution in [3.05, 3.63) is 23.8 Å². The molecule has 0 saturated heterocycles. The Morgan fingerprint density at radius 3 is 2.59 bits per heavy atom. The molecule has 0 aliphatic heterocycles. The summed E-state index contributed by atoms with van der Waals surface area (Å²) in [5.41, 5.74) is 1.25. The maximum absolute atomic E-state index is 5.66. The van der Waals surface area contributed by atoms with Crippen molar-refractivity contribution in [1.29, 1.82) is 0 Å². The molecule has 0 spiro atoms. The SMILES string of the molecule is CCOc1cc(CCCNC(=NC)NCCN(CCOC)C2CC2)ccc1OC. The smallest absolute Gasteiger partial charge is 0.191 e. The van der Waals surface area contributed by atoms with E-state index in [9.17, 15) is 0 Å². The maximum Gasteiger partial charge on any atom is 0.191 e. The summed E-state index contributed by atoms with van der Waals surface area (Å²) in [6.07, 6.45) is 4.61. The average Bonchev–Trinajstić information content (AvgIpc) is 3.57. The number of nitrogens with one attached hydrogen (secondary N) is 2. The Bertz CT molecular complexity index is 620. The minimum absolute atomic E-state index is 0.632. The fourth-order valence-electron chi connectivity index (χ4n) is 3.31. The van der Waals surface area contributed by atoms with Crippen molar-refractivity contribution in [1.82, 2.24) is 15.5 Å². The number of nitrogens with zero attached hydrogens (tertiary/aromatic N) is 2. The van der Waals surface area contributed by atoms with Crippen LogP contribution in [-0.4, -0.2) is 77.6 Å². The van der Waals surface area contributed by atoms with Crippen molar-refractivity contribution in [2.24, 2.45) is 4.99 Å². The van der Waals surface area contributed by atoms with Gasteiger partial charge in [0.1, 0.15) is 0 Å². The van der Waals surface area contributed by atoms with Crippen molar-refractivity contribution in [2.75, 3.05) is 60.7 Å². The van der Waals surface area contributed by atoms with E-state index in [0.717, 1.165) is 69.1 Å². The number of benzene rings is 1. The van der Waals surface area contributed by atoms with Gasteiger partial charge in [0.15, 0.2) is 17.5 Å². The molecule has 0 heterocycles. The normalized spacial score (nSPS) is 14.2. The zero-order chi connectivity index (χ0) is 20.9. The van der Waals surface area contributed by atoms with Gasteiger partial charge in [-0.1, -0.05) is 6.07 Å². The number of rotatable bonds is 14. The van der Waals surface area contributed by atoms with E-state index in [1.165, 1.54) is 18.4 Å². The molecule has 1 aliphatic rings. The summed E-state index contributed by atoms with van der Waals surface area (Å²) < 4.78 is 16.2. The lowest BCUT2D eigenvalue weighted by molar-refractivity contribution is 0.144.